The van der Waals surface area contributed by atoms with Crippen molar-refractivity contribution in [3.8, 4) is 11.3 Å². The number of sulfone groups is 1. The smallest absolute Gasteiger partial charge is 0.318 e. The predicted molar refractivity (Wildman–Crippen MR) is 156 cm³/mol. The molecular weight excluding hydrogens is 548 g/mol. The van der Waals surface area contributed by atoms with Crippen LogP contribution in [0.4, 0.5) is 13.6 Å². The van der Waals surface area contributed by atoms with E-state index in [2.05, 4.69) is 5.32 Å². The molecule has 2 aromatic carbocycles. The van der Waals surface area contributed by atoms with Gasteiger partial charge >= 0.3 is 6.03 Å². The van der Waals surface area contributed by atoms with Gasteiger partial charge in [0, 0.05) is 37.4 Å². The Morgan fingerprint density at radius 1 is 1.10 bits per heavy atom. The molecule has 4 rings (SSSR count). The zero-order chi connectivity index (χ0) is 29.8. The number of urea groups is 1. The lowest BCUT2D eigenvalue weighted by Gasteiger charge is -2.46. The predicted octanol–water partition coefficient (Wildman–Crippen LogP) is 4.50. The zero-order valence-electron chi connectivity index (χ0n) is 23.8. The van der Waals surface area contributed by atoms with Gasteiger partial charge in [-0.05, 0) is 36.0 Å². The molecule has 0 bridgehead atoms. The van der Waals surface area contributed by atoms with E-state index < -0.39 is 45.4 Å². The Morgan fingerprint density at radius 3 is 2.39 bits per heavy atom. The molecule has 2 heterocycles. The van der Waals surface area contributed by atoms with E-state index in [0.29, 0.717) is 23.6 Å². The Kier molecular flexibility index (Phi) is 9.18. The lowest BCUT2D eigenvalue weighted by molar-refractivity contribution is 0.0985. The number of hydrogen-bond donors (Lipinski definition) is 2. The summed E-state index contributed by atoms with van der Waals surface area (Å²) in [4.78, 5) is 20.3. The lowest BCUT2D eigenvalue weighted by atomic mass is 9.69. The molecule has 3 N–H and O–H groups in total. The number of rotatable bonds is 9. The SMILES string of the molecule is CC(C)(C)C(CC[C@H](N)CF)(NC(=O)N1CCS(=O)(=O)CC1)c1nc(-c2cccc(F)c2)cn1Cc1ccccc1. The second kappa shape index (κ2) is 12.3. The monoisotopic (exact) mass is 587 g/mol. The van der Waals surface area contributed by atoms with Crippen LogP contribution in [0.25, 0.3) is 11.3 Å². The summed E-state index contributed by atoms with van der Waals surface area (Å²) in [5.74, 6) is -0.0903. The third kappa shape index (κ3) is 7.13. The Balaban J connectivity index is 1.86. The number of halogens is 2. The van der Waals surface area contributed by atoms with Crippen molar-refractivity contribution in [2.45, 2.75) is 51.7 Å². The zero-order valence-corrected chi connectivity index (χ0v) is 24.6. The Bertz CT molecular complexity index is 1440. The third-order valence-corrected chi connectivity index (χ3v) is 9.40. The summed E-state index contributed by atoms with van der Waals surface area (Å²) in [7, 11) is -3.20. The van der Waals surface area contributed by atoms with Gasteiger partial charge in [-0.3, -0.25) is 0 Å². The molecular formula is C30H39F2N5O3S. The van der Waals surface area contributed by atoms with Crippen LogP contribution in [0.2, 0.25) is 0 Å². The van der Waals surface area contributed by atoms with Crippen LogP contribution >= 0.6 is 0 Å². The first-order valence-electron chi connectivity index (χ1n) is 13.8. The fraction of sp³-hybridized carbons (Fsp3) is 0.467. The number of carbonyl (C=O) groups is 1. The van der Waals surface area contributed by atoms with Crippen LogP contribution in [0.5, 0.6) is 0 Å². The molecule has 2 atom stereocenters. The van der Waals surface area contributed by atoms with E-state index in [4.69, 9.17) is 10.7 Å². The quantitative estimate of drug-likeness (QED) is 0.383. The highest BCUT2D eigenvalue weighted by Crippen LogP contribution is 2.44. The molecule has 1 saturated heterocycles. The fourth-order valence-corrected chi connectivity index (χ4v) is 6.43. The van der Waals surface area contributed by atoms with Crippen molar-refractivity contribution in [2.24, 2.45) is 11.1 Å². The van der Waals surface area contributed by atoms with Crippen molar-refractivity contribution in [2.75, 3.05) is 31.3 Å². The topological polar surface area (TPSA) is 110 Å². The van der Waals surface area contributed by atoms with Gasteiger partial charge < -0.3 is 20.5 Å². The third-order valence-electron chi connectivity index (χ3n) is 7.79. The molecule has 0 spiro atoms. The van der Waals surface area contributed by atoms with Crippen molar-refractivity contribution in [3.63, 3.8) is 0 Å². The van der Waals surface area contributed by atoms with E-state index in [0.717, 1.165) is 5.56 Å². The number of carbonyl (C=O) groups excluding carboxylic acids is 1. The van der Waals surface area contributed by atoms with Gasteiger partial charge in [0.15, 0.2) is 9.84 Å². The molecule has 222 valence electrons. The first-order valence-corrected chi connectivity index (χ1v) is 15.6. The Morgan fingerprint density at radius 2 is 1.78 bits per heavy atom. The van der Waals surface area contributed by atoms with E-state index in [-0.39, 0.29) is 37.4 Å². The number of nitrogens with two attached hydrogens (primary N) is 1. The van der Waals surface area contributed by atoms with Crippen LogP contribution in [0.3, 0.4) is 0 Å². The normalized spacial score (nSPS) is 17.6. The Hall–Kier alpha value is -3.31. The average Bonchev–Trinajstić information content (AvgIpc) is 3.34. The highest BCUT2D eigenvalue weighted by atomic mass is 32.2. The number of nitrogens with one attached hydrogen (secondary N) is 1. The maximum atomic E-state index is 14.2. The first kappa shape index (κ1) is 30.6. The summed E-state index contributed by atoms with van der Waals surface area (Å²) in [6, 6.07) is 14.7. The van der Waals surface area contributed by atoms with Gasteiger partial charge in [0.2, 0.25) is 0 Å². The van der Waals surface area contributed by atoms with Crippen LogP contribution in [0.15, 0.2) is 60.8 Å². The number of hydrogen-bond acceptors (Lipinski definition) is 5. The Labute approximate surface area is 240 Å². The second-order valence-corrected chi connectivity index (χ2v) is 14.1. The molecule has 0 aliphatic carbocycles. The van der Waals surface area contributed by atoms with E-state index in [1.54, 1.807) is 12.1 Å². The van der Waals surface area contributed by atoms with Crippen LogP contribution in [-0.2, 0) is 21.9 Å². The molecule has 0 radical (unpaired) electrons. The highest BCUT2D eigenvalue weighted by Gasteiger charge is 2.49. The summed E-state index contributed by atoms with van der Waals surface area (Å²) in [5, 5.41) is 3.22. The standard InChI is InChI=1S/C30H39F2N5O3S/c1-29(2,3)30(13-12-25(33)19-31,35-28(38)36-14-16-41(39,40)17-15-36)27-34-26(23-10-7-11-24(32)18-23)21-37(27)20-22-8-5-4-6-9-22/h4-11,18,21,25H,12-17,19-20,33H2,1-3H3,(H,35,38)/t25-,30?/m0/s1. The van der Waals surface area contributed by atoms with Crippen LogP contribution in [0, 0.1) is 11.2 Å². The summed E-state index contributed by atoms with van der Waals surface area (Å²) in [6.07, 6.45) is 2.37. The fourth-order valence-electron chi connectivity index (χ4n) is 5.23. The van der Waals surface area contributed by atoms with E-state index in [1.165, 1.54) is 17.0 Å². The molecule has 1 fully saturated rings. The molecule has 1 aliphatic rings. The maximum Gasteiger partial charge on any atom is 0.318 e. The average molecular weight is 588 g/mol. The molecule has 1 aromatic heterocycles. The van der Waals surface area contributed by atoms with Gasteiger partial charge in [-0.2, -0.15) is 0 Å². The van der Waals surface area contributed by atoms with Gasteiger partial charge in [-0.1, -0.05) is 63.2 Å². The summed E-state index contributed by atoms with van der Waals surface area (Å²) >= 11 is 0. The van der Waals surface area contributed by atoms with Crippen LogP contribution < -0.4 is 11.1 Å². The molecule has 0 saturated carbocycles. The van der Waals surface area contributed by atoms with E-state index >= 15 is 0 Å². The molecule has 3 aromatic rings. The van der Waals surface area contributed by atoms with Gasteiger partial charge in [-0.15, -0.1) is 0 Å². The molecule has 1 aliphatic heterocycles. The molecule has 41 heavy (non-hydrogen) atoms. The van der Waals surface area contributed by atoms with Crippen molar-refractivity contribution in [1.29, 1.82) is 0 Å². The van der Waals surface area contributed by atoms with E-state index in [1.807, 2.05) is 61.9 Å². The summed E-state index contributed by atoms with van der Waals surface area (Å²) in [6.45, 7) is 5.76. The van der Waals surface area contributed by atoms with Gasteiger partial charge in [-0.25, -0.2) is 27.0 Å². The molecule has 11 heteroatoms. The molecule has 1 unspecified atom stereocenters. The minimum atomic E-state index is -3.20. The van der Waals surface area contributed by atoms with E-state index in [9.17, 15) is 22.0 Å². The number of amides is 2. The van der Waals surface area contributed by atoms with Crippen LogP contribution in [-0.4, -0.2) is 66.2 Å². The highest BCUT2D eigenvalue weighted by molar-refractivity contribution is 7.91. The van der Waals surface area contributed by atoms with Crippen molar-refractivity contribution >= 4 is 15.9 Å². The molecule has 2 amide bonds. The number of imidazole rings is 1. The van der Waals surface area contributed by atoms with Crippen molar-refractivity contribution in [1.82, 2.24) is 19.8 Å². The van der Waals surface area contributed by atoms with Crippen molar-refractivity contribution < 1.29 is 22.0 Å². The number of benzene rings is 2. The largest absolute Gasteiger partial charge is 0.328 e. The maximum absolute atomic E-state index is 14.2. The summed E-state index contributed by atoms with van der Waals surface area (Å²) in [5.41, 5.74) is 6.34. The summed E-state index contributed by atoms with van der Waals surface area (Å²) < 4.78 is 53.8. The second-order valence-electron chi connectivity index (χ2n) is 11.8. The van der Waals surface area contributed by atoms with Gasteiger partial charge in [0.25, 0.3) is 0 Å². The minimum absolute atomic E-state index is 0.0748. The number of aromatic nitrogens is 2. The van der Waals surface area contributed by atoms with Crippen LogP contribution in [0.1, 0.15) is 45.0 Å². The molecule has 8 nitrogen and oxygen atoms in total. The van der Waals surface area contributed by atoms with Crippen molar-refractivity contribution in [3.05, 3.63) is 78.0 Å². The minimum Gasteiger partial charge on any atom is -0.328 e. The first-order chi connectivity index (χ1) is 19.3. The van der Waals surface area contributed by atoms with Gasteiger partial charge in [0.05, 0.1) is 17.2 Å². The number of nitrogens with zero attached hydrogens (tertiary/aromatic N) is 3. The lowest BCUT2D eigenvalue weighted by Crippen LogP contribution is -2.60. The van der Waals surface area contributed by atoms with Gasteiger partial charge in [0.1, 0.15) is 23.9 Å². The number of alkyl halides is 1.